The van der Waals surface area contributed by atoms with Crippen LogP contribution in [0.4, 0.5) is 10.1 Å². The molecule has 0 saturated heterocycles. The lowest BCUT2D eigenvalue weighted by Crippen LogP contribution is -2.32. The van der Waals surface area contributed by atoms with E-state index in [9.17, 15) is 18.8 Å². The Morgan fingerprint density at radius 1 is 1.15 bits per heavy atom. The molecule has 0 spiro atoms. The van der Waals surface area contributed by atoms with Gasteiger partial charge < -0.3 is 15.4 Å². The first-order valence-corrected chi connectivity index (χ1v) is 8.40. The van der Waals surface area contributed by atoms with Crippen LogP contribution in [0.5, 0.6) is 0 Å². The molecule has 2 amide bonds. The second-order valence-electron chi connectivity index (χ2n) is 5.84. The smallest absolute Gasteiger partial charge is 0.325 e. The van der Waals surface area contributed by atoms with Crippen molar-refractivity contribution in [1.29, 1.82) is 0 Å². The number of anilines is 1. The maximum atomic E-state index is 13.1. The van der Waals surface area contributed by atoms with Gasteiger partial charge in [0.1, 0.15) is 12.4 Å². The van der Waals surface area contributed by atoms with E-state index >= 15 is 0 Å². The van der Waals surface area contributed by atoms with Crippen molar-refractivity contribution in [2.45, 2.75) is 13.8 Å². The van der Waals surface area contributed by atoms with E-state index in [2.05, 4.69) is 10.6 Å². The van der Waals surface area contributed by atoms with Gasteiger partial charge in [0.25, 0.3) is 11.8 Å². The summed E-state index contributed by atoms with van der Waals surface area (Å²) in [7, 11) is 0. The molecule has 0 aromatic heterocycles. The van der Waals surface area contributed by atoms with Gasteiger partial charge in [0.2, 0.25) is 0 Å². The number of hydrogen-bond acceptors (Lipinski definition) is 4. The minimum absolute atomic E-state index is 0.0741. The molecule has 6 nitrogen and oxygen atoms in total. The van der Waals surface area contributed by atoms with Crippen molar-refractivity contribution in [1.82, 2.24) is 5.32 Å². The van der Waals surface area contributed by atoms with E-state index < -0.39 is 36.8 Å². The summed E-state index contributed by atoms with van der Waals surface area (Å²) in [5, 5.41) is 5.26. The lowest BCUT2D eigenvalue weighted by molar-refractivity contribution is -0.146. The van der Waals surface area contributed by atoms with E-state index in [4.69, 9.17) is 16.3 Å². The van der Waals surface area contributed by atoms with Crippen LogP contribution in [0, 0.1) is 19.7 Å². The number of nitrogens with one attached hydrogen (secondary N) is 2. The predicted molar refractivity (Wildman–Crippen MR) is 99.2 cm³/mol. The van der Waals surface area contributed by atoms with Crippen LogP contribution in [0.25, 0.3) is 0 Å². The van der Waals surface area contributed by atoms with Crippen LogP contribution in [-0.2, 0) is 14.3 Å². The summed E-state index contributed by atoms with van der Waals surface area (Å²) in [6.07, 6.45) is 0. The third kappa shape index (κ3) is 6.07. The van der Waals surface area contributed by atoms with Gasteiger partial charge in [-0.15, -0.1) is 0 Å². The summed E-state index contributed by atoms with van der Waals surface area (Å²) >= 11 is 6.10. The molecule has 2 rings (SSSR count). The minimum atomic E-state index is -0.804. The van der Waals surface area contributed by atoms with Crippen LogP contribution in [0.1, 0.15) is 21.5 Å². The monoisotopic (exact) mass is 392 g/mol. The zero-order chi connectivity index (χ0) is 20.0. The van der Waals surface area contributed by atoms with E-state index in [1.165, 1.54) is 18.2 Å². The summed E-state index contributed by atoms with van der Waals surface area (Å²) in [4.78, 5) is 35.4. The topological polar surface area (TPSA) is 84.5 Å². The fraction of sp³-hybridized carbons (Fsp3) is 0.211. The average Bonchev–Trinajstić information content (AvgIpc) is 2.60. The summed E-state index contributed by atoms with van der Waals surface area (Å²) < 4.78 is 17.9. The third-order valence-electron chi connectivity index (χ3n) is 3.54. The van der Waals surface area contributed by atoms with Gasteiger partial charge in [-0.2, -0.15) is 0 Å². The molecule has 2 N–H and O–H groups in total. The van der Waals surface area contributed by atoms with Crippen molar-refractivity contribution in [3.8, 4) is 0 Å². The van der Waals surface area contributed by atoms with Crippen LogP contribution < -0.4 is 10.6 Å². The second kappa shape index (κ2) is 9.14. The predicted octanol–water partition coefficient (Wildman–Crippen LogP) is 3.01. The minimum Gasteiger partial charge on any atom is -0.454 e. The summed E-state index contributed by atoms with van der Waals surface area (Å²) in [5.41, 5.74) is 2.26. The van der Waals surface area contributed by atoms with Crippen LogP contribution >= 0.6 is 11.6 Å². The molecular formula is C19H18ClFN2O4. The molecule has 0 fully saturated rings. The summed E-state index contributed by atoms with van der Waals surface area (Å²) in [6, 6.07) is 8.59. The van der Waals surface area contributed by atoms with E-state index in [1.807, 2.05) is 13.0 Å². The molecule has 0 aliphatic heterocycles. The molecule has 142 valence electrons. The Labute approximate surface area is 160 Å². The molecule has 0 bridgehead atoms. The Kier molecular flexibility index (Phi) is 6.90. The van der Waals surface area contributed by atoms with Crippen LogP contribution in [0.2, 0.25) is 5.02 Å². The number of esters is 1. The molecule has 0 unspecified atom stereocenters. The van der Waals surface area contributed by atoms with Crippen molar-refractivity contribution < 1.29 is 23.5 Å². The van der Waals surface area contributed by atoms with Crippen molar-refractivity contribution in [2.24, 2.45) is 0 Å². The van der Waals surface area contributed by atoms with Gasteiger partial charge in [-0.1, -0.05) is 23.7 Å². The van der Waals surface area contributed by atoms with E-state index in [1.54, 1.807) is 13.0 Å². The third-order valence-corrected chi connectivity index (χ3v) is 3.84. The molecule has 0 heterocycles. The number of carbonyl (C=O) groups is 3. The first-order chi connectivity index (χ1) is 12.8. The Morgan fingerprint density at radius 3 is 2.56 bits per heavy atom. The molecule has 27 heavy (non-hydrogen) atoms. The highest BCUT2D eigenvalue weighted by atomic mass is 35.5. The molecule has 8 heteroatoms. The Hall–Kier alpha value is -2.93. The molecule has 0 aliphatic carbocycles. The number of rotatable bonds is 6. The molecule has 0 saturated carbocycles. The van der Waals surface area contributed by atoms with Gasteiger partial charge in [0.15, 0.2) is 6.61 Å². The van der Waals surface area contributed by atoms with Crippen molar-refractivity contribution in [3.63, 3.8) is 0 Å². The fourth-order valence-electron chi connectivity index (χ4n) is 2.33. The Balaban J connectivity index is 1.80. The van der Waals surface area contributed by atoms with Crippen LogP contribution in [0.15, 0.2) is 36.4 Å². The molecule has 2 aromatic rings. The average molecular weight is 393 g/mol. The van der Waals surface area contributed by atoms with E-state index in [0.717, 1.165) is 17.2 Å². The van der Waals surface area contributed by atoms with Gasteiger partial charge in [0, 0.05) is 5.56 Å². The van der Waals surface area contributed by atoms with Gasteiger partial charge >= 0.3 is 5.97 Å². The molecule has 0 aliphatic rings. The summed E-state index contributed by atoms with van der Waals surface area (Å²) in [5.74, 6) is -2.56. The number of halogens is 2. The highest BCUT2D eigenvalue weighted by molar-refractivity contribution is 6.34. The standard InChI is InChI=1S/C19H18ClFN2O4/c1-11-6-12(2)18(15(20)7-11)23-16(24)10-27-17(25)9-22-19(26)13-4-3-5-14(21)8-13/h3-8H,9-10H2,1-2H3,(H,22,26)(H,23,24). The number of aryl methyl sites for hydroxylation is 2. The zero-order valence-electron chi connectivity index (χ0n) is 14.8. The van der Waals surface area contributed by atoms with Crippen molar-refractivity contribution in [2.75, 3.05) is 18.5 Å². The summed E-state index contributed by atoms with van der Waals surface area (Å²) in [6.45, 7) is 2.69. The largest absolute Gasteiger partial charge is 0.454 e. The molecule has 0 atom stereocenters. The van der Waals surface area contributed by atoms with Gasteiger partial charge in [0.05, 0.1) is 10.7 Å². The number of hydrogen-bond donors (Lipinski definition) is 2. The van der Waals surface area contributed by atoms with Crippen molar-refractivity contribution in [3.05, 3.63) is 63.9 Å². The van der Waals surface area contributed by atoms with Crippen molar-refractivity contribution >= 4 is 35.1 Å². The Bertz CT molecular complexity index is 863. The second-order valence-corrected chi connectivity index (χ2v) is 6.25. The maximum Gasteiger partial charge on any atom is 0.325 e. The first-order valence-electron chi connectivity index (χ1n) is 8.02. The number of ether oxygens (including phenoxy) is 1. The SMILES string of the molecule is Cc1cc(C)c(NC(=O)COC(=O)CNC(=O)c2cccc(F)c2)c(Cl)c1. The van der Waals surface area contributed by atoms with Crippen LogP contribution in [0.3, 0.4) is 0 Å². The highest BCUT2D eigenvalue weighted by Crippen LogP contribution is 2.27. The van der Waals surface area contributed by atoms with E-state index in [-0.39, 0.29) is 5.56 Å². The maximum absolute atomic E-state index is 13.1. The number of benzene rings is 2. The normalized spacial score (nSPS) is 10.2. The zero-order valence-corrected chi connectivity index (χ0v) is 15.5. The van der Waals surface area contributed by atoms with E-state index in [0.29, 0.717) is 10.7 Å². The number of amides is 2. The van der Waals surface area contributed by atoms with Gasteiger partial charge in [-0.3, -0.25) is 14.4 Å². The Morgan fingerprint density at radius 2 is 1.89 bits per heavy atom. The van der Waals surface area contributed by atoms with Crippen LogP contribution in [-0.4, -0.2) is 30.9 Å². The fourth-order valence-corrected chi connectivity index (χ4v) is 2.70. The quantitative estimate of drug-likeness (QED) is 0.740. The van der Waals surface area contributed by atoms with Gasteiger partial charge in [-0.25, -0.2) is 4.39 Å². The van der Waals surface area contributed by atoms with Gasteiger partial charge in [-0.05, 0) is 49.2 Å². The lowest BCUT2D eigenvalue weighted by atomic mass is 10.1. The molecule has 2 aromatic carbocycles. The number of carbonyl (C=O) groups excluding carboxylic acids is 3. The highest BCUT2D eigenvalue weighted by Gasteiger charge is 2.13. The molecular weight excluding hydrogens is 375 g/mol. The first kappa shape index (κ1) is 20.4. The molecule has 0 radical (unpaired) electrons. The lowest BCUT2D eigenvalue weighted by Gasteiger charge is -2.12.